The van der Waals surface area contributed by atoms with E-state index < -0.39 is 5.23 Å². The molecule has 0 radical (unpaired) electrons. The summed E-state index contributed by atoms with van der Waals surface area (Å²) in [5.41, 5.74) is 7.66. The van der Waals surface area contributed by atoms with E-state index in [9.17, 15) is 10.4 Å². The highest BCUT2D eigenvalue weighted by atomic mass is 16.8. The van der Waals surface area contributed by atoms with Crippen molar-refractivity contribution in [1.29, 1.82) is 0 Å². The highest BCUT2D eigenvalue weighted by Crippen LogP contribution is 2.30. The number of nitrogen functional groups attached to an aromatic ring is 1. The number of benzene rings is 2. The molecule has 0 saturated carbocycles. The molecule has 0 atom stereocenters. The number of hydrogen-bond donors (Lipinski definition) is 3. The summed E-state index contributed by atoms with van der Waals surface area (Å²) < 4.78 is 0. The Morgan fingerprint density at radius 1 is 1.00 bits per heavy atom. The molecule has 116 valence electrons. The number of rotatable bonds is 4. The van der Waals surface area contributed by atoms with Crippen LogP contribution in [0.2, 0.25) is 0 Å². The Bertz CT molecular complexity index is 699. The molecule has 0 saturated heterocycles. The van der Waals surface area contributed by atoms with E-state index in [1.165, 1.54) is 6.07 Å². The normalized spacial score (nSPS) is 11.0. The van der Waals surface area contributed by atoms with Gasteiger partial charge in [-0.15, -0.1) is 5.23 Å². The molecule has 0 heterocycles. The van der Waals surface area contributed by atoms with Gasteiger partial charge in [-0.2, -0.15) is 0 Å². The maximum Gasteiger partial charge on any atom is 0.0992 e. The molecule has 0 aromatic heterocycles. The summed E-state index contributed by atoms with van der Waals surface area (Å²) >= 11 is 0. The Labute approximate surface area is 127 Å². The number of nitrogens with two attached hydrogens (primary N) is 1. The Morgan fingerprint density at radius 3 is 2.23 bits per heavy atom. The maximum atomic E-state index is 11.2. The first kappa shape index (κ1) is 15.8. The number of nitrogens with zero attached hydrogens (tertiary/aromatic N) is 2. The molecular formula is C15H15N3O4-2. The van der Waals surface area contributed by atoms with Gasteiger partial charge in [0.15, 0.2) is 0 Å². The number of anilines is 3. The maximum absolute atomic E-state index is 11.2. The molecule has 0 fully saturated rings. The van der Waals surface area contributed by atoms with Gasteiger partial charge in [0.25, 0.3) is 0 Å². The second kappa shape index (κ2) is 6.46. The van der Waals surface area contributed by atoms with E-state index in [0.717, 1.165) is 11.6 Å². The van der Waals surface area contributed by atoms with E-state index in [-0.39, 0.29) is 16.6 Å². The molecule has 2 aromatic carbocycles. The summed E-state index contributed by atoms with van der Waals surface area (Å²) in [6.07, 6.45) is 3.24. The molecule has 0 bridgehead atoms. The quantitative estimate of drug-likeness (QED) is 0.451. The van der Waals surface area contributed by atoms with Crippen LogP contribution in [0.25, 0.3) is 12.2 Å². The monoisotopic (exact) mass is 301 g/mol. The highest BCUT2D eigenvalue weighted by Gasteiger charge is 2.08. The van der Waals surface area contributed by atoms with Crippen molar-refractivity contribution in [1.82, 2.24) is 0 Å². The van der Waals surface area contributed by atoms with E-state index in [4.69, 9.17) is 16.1 Å². The van der Waals surface area contributed by atoms with Gasteiger partial charge in [0.2, 0.25) is 0 Å². The van der Waals surface area contributed by atoms with E-state index in [1.807, 2.05) is 6.07 Å². The van der Waals surface area contributed by atoms with Crippen molar-refractivity contribution >= 4 is 29.2 Å². The number of para-hydroxylation sites is 1. The van der Waals surface area contributed by atoms with Gasteiger partial charge in [0, 0.05) is 11.4 Å². The molecular weight excluding hydrogens is 286 g/mol. The van der Waals surface area contributed by atoms with Gasteiger partial charge in [-0.25, -0.2) is 0 Å². The lowest BCUT2D eigenvalue weighted by atomic mass is 10.0. The second-order valence-electron chi connectivity index (χ2n) is 4.71. The summed E-state index contributed by atoms with van der Waals surface area (Å²) in [7, 11) is 0. The van der Waals surface area contributed by atoms with Crippen LogP contribution in [-0.2, 0) is 0 Å². The molecule has 2 aromatic rings. The molecule has 22 heavy (non-hydrogen) atoms. The van der Waals surface area contributed by atoms with Crippen LogP contribution in [0.1, 0.15) is 16.7 Å². The molecule has 7 heteroatoms. The number of aryl methyl sites for hydroxylation is 1. The van der Waals surface area contributed by atoms with Gasteiger partial charge >= 0.3 is 0 Å². The average molecular weight is 301 g/mol. The zero-order chi connectivity index (χ0) is 16.3. The fraction of sp³-hybridized carbons (Fsp3) is 0.0667. The largest absolute Gasteiger partial charge is 0.769 e. The Hall–Kier alpha value is -2.58. The van der Waals surface area contributed by atoms with Gasteiger partial charge < -0.3 is 21.4 Å². The molecule has 0 aliphatic carbocycles. The third-order valence-corrected chi connectivity index (χ3v) is 3.20. The molecule has 7 nitrogen and oxygen atoms in total. The van der Waals surface area contributed by atoms with Gasteiger partial charge in [0.05, 0.1) is 5.69 Å². The van der Waals surface area contributed by atoms with Gasteiger partial charge in [-0.05, 0) is 41.8 Å². The van der Waals surface area contributed by atoms with Crippen molar-refractivity contribution in [2.75, 3.05) is 16.2 Å². The van der Waals surface area contributed by atoms with E-state index in [1.54, 1.807) is 37.3 Å². The van der Waals surface area contributed by atoms with Crippen molar-refractivity contribution in [2.24, 2.45) is 0 Å². The SMILES string of the molecule is Cc1cc(C=Cc2ccccc2N)c(N([O-])[O-])cc1N(O)O. The second-order valence-corrected chi connectivity index (χ2v) is 4.71. The predicted octanol–water partition coefficient (Wildman–Crippen LogP) is 3.13. The molecule has 0 amide bonds. The van der Waals surface area contributed by atoms with Crippen LogP contribution in [-0.4, -0.2) is 10.4 Å². The third kappa shape index (κ3) is 3.35. The van der Waals surface area contributed by atoms with E-state index in [2.05, 4.69) is 0 Å². The van der Waals surface area contributed by atoms with Crippen LogP contribution in [0.15, 0.2) is 36.4 Å². The fourth-order valence-electron chi connectivity index (χ4n) is 2.06. The Kier molecular flexibility index (Phi) is 4.64. The van der Waals surface area contributed by atoms with Crippen LogP contribution < -0.4 is 16.2 Å². The van der Waals surface area contributed by atoms with Crippen LogP contribution in [0, 0.1) is 17.3 Å². The van der Waals surface area contributed by atoms with Crippen molar-refractivity contribution < 1.29 is 10.4 Å². The zero-order valence-corrected chi connectivity index (χ0v) is 11.8. The first-order valence-corrected chi connectivity index (χ1v) is 6.39. The summed E-state index contributed by atoms with van der Waals surface area (Å²) in [5, 5.41) is 39.7. The molecule has 0 aliphatic rings. The lowest BCUT2D eigenvalue weighted by Crippen LogP contribution is -2.14. The van der Waals surface area contributed by atoms with Gasteiger partial charge in [-0.3, -0.25) is 10.4 Å². The predicted molar refractivity (Wildman–Crippen MR) is 86.2 cm³/mol. The lowest BCUT2D eigenvalue weighted by Gasteiger charge is -2.39. The van der Waals surface area contributed by atoms with Crippen molar-refractivity contribution in [3.8, 4) is 0 Å². The minimum Gasteiger partial charge on any atom is -0.769 e. The summed E-state index contributed by atoms with van der Waals surface area (Å²) in [4.78, 5) is 0. The minimum absolute atomic E-state index is 0.0527. The summed E-state index contributed by atoms with van der Waals surface area (Å²) in [6, 6.07) is 9.74. The summed E-state index contributed by atoms with van der Waals surface area (Å²) in [5.74, 6) is 0. The minimum atomic E-state index is -0.583. The van der Waals surface area contributed by atoms with Crippen molar-refractivity contribution in [2.45, 2.75) is 6.92 Å². The molecule has 0 aliphatic heterocycles. The topological polar surface area (TPSA) is 119 Å². The Balaban J connectivity index is 2.46. The fourth-order valence-corrected chi connectivity index (χ4v) is 2.06. The molecule has 0 spiro atoms. The molecule has 4 N–H and O–H groups in total. The van der Waals surface area contributed by atoms with Crippen LogP contribution in [0.4, 0.5) is 17.1 Å². The third-order valence-electron chi connectivity index (χ3n) is 3.20. The van der Waals surface area contributed by atoms with Crippen molar-refractivity contribution in [3.05, 3.63) is 63.5 Å². The smallest absolute Gasteiger partial charge is 0.0992 e. The number of hydrogen-bond acceptors (Lipinski definition) is 7. The van der Waals surface area contributed by atoms with Gasteiger partial charge in [-0.1, -0.05) is 30.4 Å². The molecule has 2 rings (SSSR count). The van der Waals surface area contributed by atoms with Crippen LogP contribution in [0.3, 0.4) is 0 Å². The van der Waals surface area contributed by atoms with Crippen molar-refractivity contribution in [3.63, 3.8) is 0 Å². The average Bonchev–Trinajstić information content (AvgIpc) is 2.45. The standard InChI is InChI=1S/C15H15N3O4/c1-10-8-12(7-6-11-4-2-3-5-13(11)16)15(18(21)22)9-14(10)17(19)20/h2-9,19-20H,16H2,1H3/q-2. The van der Waals surface area contributed by atoms with E-state index >= 15 is 0 Å². The first-order chi connectivity index (χ1) is 10.4. The molecule has 0 unspecified atom stereocenters. The Morgan fingerprint density at radius 2 is 1.64 bits per heavy atom. The van der Waals surface area contributed by atoms with E-state index in [0.29, 0.717) is 16.8 Å². The first-order valence-electron chi connectivity index (χ1n) is 6.39. The van der Waals surface area contributed by atoms with Crippen LogP contribution in [0.5, 0.6) is 0 Å². The zero-order valence-electron chi connectivity index (χ0n) is 11.8. The van der Waals surface area contributed by atoms with Gasteiger partial charge in [0.1, 0.15) is 0 Å². The highest BCUT2D eigenvalue weighted by molar-refractivity contribution is 5.83. The van der Waals surface area contributed by atoms with Crippen LogP contribution >= 0.6 is 0 Å². The summed E-state index contributed by atoms with van der Waals surface area (Å²) in [6.45, 7) is 1.62. The lowest BCUT2D eigenvalue weighted by molar-refractivity contribution is 0.0288.